The molecule has 0 atom stereocenters. The van der Waals surface area contributed by atoms with Gasteiger partial charge in [-0.15, -0.1) is 0 Å². The van der Waals surface area contributed by atoms with E-state index in [4.69, 9.17) is 4.98 Å². The molecule has 0 aliphatic heterocycles. The van der Waals surface area contributed by atoms with Crippen molar-refractivity contribution in [3.05, 3.63) is 45.5 Å². The van der Waals surface area contributed by atoms with Gasteiger partial charge in [0, 0.05) is 0 Å². The zero-order valence-corrected chi connectivity index (χ0v) is 15.6. The van der Waals surface area contributed by atoms with Gasteiger partial charge in [-0.25, -0.2) is 0 Å². The van der Waals surface area contributed by atoms with E-state index < -0.39 is 0 Å². The van der Waals surface area contributed by atoms with E-state index in [9.17, 15) is 0 Å². The van der Waals surface area contributed by atoms with E-state index in [1.165, 1.54) is 25.1 Å². The van der Waals surface area contributed by atoms with Gasteiger partial charge in [0.2, 0.25) is 0 Å². The molecule has 0 radical (unpaired) electrons. The molecule has 0 amide bonds. The van der Waals surface area contributed by atoms with Crippen LogP contribution in [0.2, 0.25) is 0 Å². The molecule has 2 aromatic carbocycles. The molecule has 3 rings (SSSR count). The van der Waals surface area contributed by atoms with Gasteiger partial charge in [-0.2, -0.15) is 0 Å². The fraction of sp³-hybridized carbons (Fsp3) is 0.235. The molecule has 0 bridgehead atoms. The number of nitrogens with zero attached hydrogens (tertiary/aromatic N) is 2. The SMILES string of the molecule is C[I-]c1cc(-c2nc3cc(C)ccc3s2)ccc1N(C)C. The zero-order chi connectivity index (χ0) is 15.0. The molecule has 1 aromatic heterocycles. The number of aromatic nitrogens is 1. The molecule has 110 valence electrons. The molecule has 0 N–H and O–H groups in total. The molecule has 0 aliphatic rings. The molecule has 0 fully saturated rings. The first-order chi connectivity index (χ1) is 10.1. The number of hydrogen-bond donors (Lipinski definition) is 0. The van der Waals surface area contributed by atoms with Crippen LogP contribution in [0, 0.1) is 10.5 Å². The molecule has 0 spiro atoms. The maximum absolute atomic E-state index is 4.81. The van der Waals surface area contributed by atoms with Gasteiger partial charge in [0.1, 0.15) is 0 Å². The van der Waals surface area contributed by atoms with Crippen LogP contribution >= 0.6 is 11.3 Å². The average molecular weight is 409 g/mol. The van der Waals surface area contributed by atoms with Crippen LogP contribution < -0.4 is 26.1 Å². The van der Waals surface area contributed by atoms with E-state index in [1.807, 2.05) is 0 Å². The van der Waals surface area contributed by atoms with Gasteiger partial charge in [0.05, 0.1) is 0 Å². The molecular formula is C17H18IN2S-. The number of fused-ring (bicyclic) bond motifs is 1. The van der Waals surface area contributed by atoms with Crippen LogP contribution in [0.3, 0.4) is 0 Å². The number of aryl methyl sites for hydroxylation is 1. The molecule has 0 saturated heterocycles. The topological polar surface area (TPSA) is 16.1 Å². The van der Waals surface area contributed by atoms with Gasteiger partial charge in [0.25, 0.3) is 0 Å². The minimum atomic E-state index is 0.0510. The standard InChI is InChI=1S/C17H18IN2S/c1-11-5-8-16-14(9-11)19-17(21-16)12-6-7-15(20(3)4)13(10-12)18-2/h5-10H,1-4H3/q-1. The van der Waals surface area contributed by atoms with Gasteiger partial charge >= 0.3 is 140 Å². The van der Waals surface area contributed by atoms with Crippen molar-refractivity contribution in [2.75, 3.05) is 23.9 Å². The third-order valence-electron chi connectivity index (χ3n) is 3.42. The van der Waals surface area contributed by atoms with Crippen molar-refractivity contribution in [3.8, 4) is 10.6 Å². The summed E-state index contributed by atoms with van der Waals surface area (Å²) < 4.78 is 2.74. The average Bonchev–Trinajstić information content (AvgIpc) is 2.89. The summed E-state index contributed by atoms with van der Waals surface area (Å²) >= 11 is 1.83. The number of halogens is 1. The maximum atomic E-state index is 4.81. The van der Waals surface area contributed by atoms with Gasteiger partial charge in [-0.3, -0.25) is 0 Å². The van der Waals surface area contributed by atoms with Gasteiger partial charge < -0.3 is 0 Å². The Hall–Kier alpha value is -1.14. The number of alkyl halides is 1. The second-order valence-corrected chi connectivity index (χ2v) is 8.51. The van der Waals surface area contributed by atoms with Gasteiger partial charge in [-0.05, 0) is 0 Å². The second kappa shape index (κ2) is 5.93. The molecule has 1 heterocycles. The van der Waals surface area contributed by atoms with Crippen LogP contribution in [0.5, 0.6) is 0 Å². The Morgan fingerprint density at radius 1 is 1.10 bits per heavy atom. The van der Waals surface area contributed by atoms with Crippen LogP contribution in [-0.4, -0.2) is 24.0 Å². The third kappa shape index (κ3) is 2.92. The van der Waals surface area contributed by atoms with Crippen molar-refractivity contribution in [3.63, 3.8) is 0 Å². The number of rotatable bonds is 3. The summed E-state index contributed by atoms with van der Waals surface area (Å²) in [5, 5.41) is 1.12. The van der Waals surface area contributed by atoms with Crippen molar-refractivity contribution in [1.82, 2.24) is 4.98 Å². The second-order valence-electron chi connectivity index (χ2n) is 5.24. The summed E-state index contributed by atoms with van der Waals surface area (Å²) in [7, 11) is 4.22. The van der Waals surface area contributed by atoms with Crippen molar-refractivity contribution >= 4 is 27.2 Å². The first-order valence-electron chi connectivity index (χ1n) is 6.77. The summed E-state index contributed by atoms with van der Waals surface area (Å²) in [5.74, 6) is 0. The van der Waals surface area contributed by atoms with Crippen LogP contribution in [-0.2, 0) is 0 Å². The van der Waals surface area contributed by atoms with Crippen molar-refractivity contribution in [1.29, 1.82) is 0 Å². The number of hydrogen-bond acceptors (Lipinski definition) is 3. The third-order valence-corrected chi connectivity index (χ3v) is 6.53. The molecule has 0 unspecified atom stereocenters. The molecule has 21 heavy (non-hydrogen) atoms. The summed E-state index contributed by atoms with van der Waals surface area (Å²) in [6, 6.07) is 13.2. The summed E-state index contributed by atoms with van der Waals surface area (Å²) in [6.07, 6.45) is 0. The normalized spacial score (nSPS) is 11.2. The zero-order valence-electron chi connectivity index (χ0n) is 12.6. The number of anilines is 1. The van der Waals surface area contributed by atoms with Crippen LogP contribution in [0.1, 0.15) is 5.56 Å². The van der Waals surface area contributed by atoms with E-state index >= 15 is 0 Å². The Balaban J connectivity index is 2.09. The molecule has 2 nitrogen and oxygen atoms in total. The number of benzene rings is 2. The molecule has 0 saturated carbocycles. The minimum absolute atomic E-state index is 0.0510. The van der Waals surface area contributed by atoms with Crippen LogP contribution in [0.25, 0.3) is 20.8 Å². The monoisotopic (exact) mass is 409 g/mol. The molecule has 4 heteroatoms. The quantitative estimate of drug-likeness (QED) is 0.478. The Bertz CT molecular complexity index is 793. The Kier molecular flexibility index (Phi) is 4.17. The number of thiazole rings is 1. The van der Waals surface area contributed by atoms with Crippen molar-refractivity contribution < 1.29 is 21.2 Å². The summed E-state index contributed by atoms with van der Waals surface area (Å²) in [4.78, 5) is 9.32. The van der Waals surface area contributed by atoms with Crippen LogP contribution in [0.15, 0.2) is 36.4 Å². The molecule has 0 aliphatic carbocycles. The first kappa shape index (κ1) is 14.8. The van der Waals surface area contributed by atoms with Crippen molar-refractivity contribution in [2.24, 2.45) is 0 Å². The first-order valence-corrected chi connectivity index (χ1v) is 10.8. The van der Waals surface area contributed by atoms with Gasteiger partial charge in [-0.1, -0.05) is 0 Å². The van der Waals surface area contributed by atoms with E-state index in [2.05, 4.69) is 67.2 Å². The fourth-order valence-electron chi connectivity index (χ4n) is 2.31. The van der Waals surface area contributed by atoms with E-state index in [0.29, 0.717) is 0 Å². The van der Waals surface area contributed by atoms with E-state index in [-0.39, 0.29) is 21.2 Å². The predicted octanol–water partition coefficient (Wildman–Crippen LogP) is 1.23. The molecular weight excluding hydrogens is 391 g/mol. The predicted molar refractivity (Wildman–Crippen MR) is 88.7 cm³/mol. The van der Waals surface area contributed by atoms with Crippen molar-refractivity contribution in [2.45, 2.75) is 6.92 Å². The van der Waals surface area contributed by atoms with E-state index in [0.717, 1.165) is 10.5 Å². The Morgan fingerprint density at radius 2 is 1.90 bits per heavy atom. The summed E-state index contributed by atoms with van der Waals surface area (Å²) in [6.45, 7) is 2.12. The summed E-state index contributed by atoms with van der Waals surface area (Å²) in [5.41, 5.74) is 4.96. The van der Waals surface area contributed by atoms with E-state index in [1.54, 1.807) is 11.3 Å². The van der Waals surface area contributed by atoms with Gasteiger partial charge in [0.15, 0.2) is 0 Å². The molecule has 3 aromatic rings. The van der Waals surface area contributed by atoms with Crippen LogP contribution in [0.4, 0.5) is 5.69 Å². The Morgan fingerprint density at radius 3 is 2.62 bits per heavy atom. The fourth-order valence-corrected chi connectivity index (χ4v) is 5.12. The Labute approximate surface area is 140 Å².